The average Bonchev–Trinajstić information content (AvgIpc) is 3.94. The van der Waals surface area contributed by atoms with Crippen molar-refractivity contribution in [3.63, 3.8) is 0 Å². The SMILES string of the molecule is CSCCC(C(N)=O)N(C(=O)CCC(C)C)N1CC[C@H](NC(=O)[C@H](Cc2ccccc2)NC(=O)[C@@H](Cc2c[nH]c3ccccc23)N(C(=O)OCc2ccccc2)C(=O)[C@H](CCCCN)NC(=O)OC(C)(C)C)C1=O. The normalized spacial score (nSPS) is 15.2. The van der Waals surface area contributed by atoms with E-state index in [2.05, 4.69) is 20.9 Å². The largest absolute Gasteiger partial charge is 0.444 e. The molecule has 0 bridgehead atoms. The van der Waals surface area contributed by atoms with E-state index in [9.17, 15) is 28.8 Å². The summed E-state index contributed by atoms with van der Waals surface area (Å²) in [6, 6.07) is 18.0. The summed E-state index contributed by atoms with van der Waals surface area (Å²) in [5, 5.41) is 11.3. The first-order valence-electron chi connectivity index (χ1n) is 25.2. The number of hydrogen-bond acceptors (Lipinski definition) is 12. The number of nitrogens with two attached hydrogens (primary N) is 2. The Morgan fingerprint density at radius 2 is 1.49 bits per heavy atom. The van der Waals surface area contributed by atoms with E-state index in [1.54, 1.807) is 93.7 Å². The second kappa shape index (κ2) is 27.9. The van der Waals surface area contributed by atoms with E-state index in [0.717, 1.165) is 5.01 Å². The molecule has 3 aromatic carbocycles. The van der Waals surface area contributed by atoms with Crippen molar-refractivity contribution in [2.75, 3.05) is 25.1 Å². The Labute approximate surface area is 437 Å². The topological polar surface area (TPSA) is 269 Å². The summed E-state index contributed by atoms with van der Waals surface area (Å²) < 4.78 is 11.4. The first kappa shape index (κ1) is 58.0. The molecule has 1 fully saturated rings. The van der Waals surface area contributed by atoms with Crippen LogP contribution >= 0.6 is 11.8 Å². The van der Waals surface area contributed by atoms with E-state index < -0.39 is 83.4 Å². The van der Waals surface area contributed by atoms with E-state index in [1.165, 1.54) is 16.8 Å². The first-order chi connectivity index (χ1) is 35.3. The number of nitrogens with zero attached hydrogens (tertiary/aromatic N) is 3. The Kier molecular flexibility index (Phi) is 21.9. The standard InChI is InChI=1S/C54H73N9O10S/c1-35(2)24-25-46(64)63(44(47(56)65)27-30-74-6)61-29-26-42(50(61)68)58-48(66)43(31-36-17-9-7-10-18-36)59-49(67)45(32-38-33-57-40-22-14-13-21-39(38)40)62(53(71)72-34-37-19-11-8-12-20-37)51(69)41(23-15-16-28-55)60-52(70)73-54(3,4)5/h7-14,17-22,33,35,41-45,57H,15-16,23-32,34,55H2,1-6H3,(H2,56,65)(H,58,66)(H,59,67)(H,60,70)/t41-,42-,43-,44?,45+/m0/s1. The molecule has 0 radical (unpaired) electrons. The number of carbonyl (C=O) groups is 8. The van der Waals surface area contributed by atoms with Gasteiger partial charge in [0.1, 0.15) is 42.4 Å². The molecule has 2 heterocycles. The van der Waals surface area contributed by atoms with Gasteiger partial charge in [0.2, 0.25) is 23.6 Å². The number of hydrazine groups is 1. The molecule has 0 spiro atoms. The molecule has 1 saturated heterocycles. The van der Waals surface area contributed by atoms with Crippen molar-refractivity contribution in [2.24, 2.45) is 17.4 Å². The summed E-state index contributed by atoms with van der Waals surface area (Å²) in [6.07, 6.45) is 2.59. The van der Waals surface area contributed by atoms with Crippen molar-refractivity contribution < 1.29 is 47.8 Å². The van der Waals surface area contributed by atoms with Crippen molar-refractivity contribution in [3.05, 3.63) is 108 Å². The lowest BCUT2D eigenvalue weighted by Crippen LogP contribution is -2.61. The number of thioether (sulfide) groups is 1. The summed E-state index contributed by atoms with van der Waals surface area (Å²) in [7, 11) is 0. The Balaban J connectivity index is 1.56. The summed E-state index contributed by atoms with van der Waals surface area (Å²) in [6.45, 7) is 8.86. The van der Waals surface area contributed by atoms with Gasteiger partial charge in [-0.2, -0.15) is 11.8 Å². The summed E-state index contributed by atoms with van der Waals surface area (Å²) >= 11 is 1.46. The minimum absolute atomic E-state index is 0.00312. The van der Waals surface area contributed by atoms with Crippen molar-refractivity contribution in [3.8, 4) is 0 Å². The van der Waals surface area contributed by atoms with E-state index in [1.807, 2.05) is 38.3 Å². The van der Waals surface area contributed by atoms with Crippen LogP contribution in [0.25, 0.3) is 10.9 Å². The number of alkyl carbamates (subject to hydrolysis) is 1. The highest BCUT2D eigenvalue weighted by atomic mass is 32.2. The summed E-state index contributed by atoms with van der Waals surface area (Å²) in [5.41, 5.74) is 13.2. The van der Waals surface area contributed by atoms with E-state index in [-0.39, 0.29) is 64.1 Å². The Morgan fingerprint density at radius 3 is 2.12 bits per heavy atom. The van der Waals surface area contributed by atoms with Crippen LogP contribution in [0.2, 0.25) is 0 Å². The molecule has 4 aromatic rings. The fourth-order valence-corrected chi connectivity index (χ4v) is 9.03. The molecule has 400 valence electrons. The monoisotopic (exact) mass is 1040 g/mol. The maximum absolute atomic E-state index is 15.4. The number of imide groups is 1. The number of benzene rings is 3. The Bertz CT molecular complexity index is 2540. The maximum atomic E-state index is 15.4. The molecule has 0 aliphatic carbocycles. The third-order valence-corrected chi connectivity index (χ3v) is 13.0. The zero-order valence-corrected chi connectivity index (χ0v) is 44.1. The molecule has 5 rings (SSSR count). The minimum Gasteiger partial charge on any atom is -0.444 e. The number of nitrogens with one attached hydrogen (secondary N) is 4. The predicted octanol–water partition coefficient (Wildman–Crippen LogP) is 5.50. The molecule has 5 atom stereocenters. The number of primary amides is 1. The van der Waals surface area contributed by atoms with Crippen LogP contribution in [0.1, 0.15) is 96.3 Å². The van der Waals surface area contributed by atoms with Crippen LogP contribution in [0.3, 0.4) is 0 Å². The number of carbonyl (C=O) groups excluding carboxylic acids is 8. The number of H-pyrrole nitrogens is 1. The van der Waals surface area contributed by atoms with Crippen LogP contribution in [0.4, 0.5) is 9.59 Å². The van der Waals surface area contributed by atoms with Crippen LogP contribution in [-0.2, 0) is 57.7 Å². The zero-order valence-electron chi connectivity index (χ0n) is 43.3. The quantitative estimate of drug-likeness (QED) is 0.0426. The Hall–Kier alpha value is -6.93. The number of amides is 8. The number of rotatable bonds is 26. The molecule has 0 saturated carbocycles. The van der Waals surface area contributed by atoms with Gasteiger partial charge in [-0.1, -0.05) is 92.7 Å². The minimum atomic E-state index is -1.71. The van der Waals surface area contributed by atoms with Crippen molar-refractivity contribution in [1.29, 1.82) is 0 Å². The van der Waals surface area contributed by atoms with Crippen molar-refractivity contribution >= 4 is 70.3 Å². The van der Waals surface area contributed by atoms with Gasteiger partial charge in [-0.15, -0.1) is 0 Å². The lowest BCUT2D eigenvalue weighted by Gasteiger charge is -2.37. The zero-order chi connectivity index (χ0) is 54.0. The van der Waals surface area contributed by atoms with Gasteiger partial charge in [0.25, 0.3) is 11.8 Å². The predicted molar refractivity (Wildman–Crippen MR) is 283 cm³/mol. The van der Waals surface area contributed by atoms with Gasteiger partial charge in [0, 0.05) is 42.9 Å². The van der Waals surface area contributed by atoms with Crippen LogP contribution < -0.4 is 27.4 Å². The smallest absolute Gasteiger partial charge is 0.417 e. The summed E-state index contributed by atoms with van der Waals surface area (Å²) in [5.74, 6) is -3.94. The maximum Gasteiger partial charge on any atom is 0.417 e. The lowest BCUT2D eigenvalue weighted by atomic mass is 9.99. The fourth-order valence-electron chi connectivity index (χ4n) is 8.57. The molecule has 8 N–H and O–H groups in total. The molecule has 1 unspecified atom stereocenters. The van der Waals surface area contributed by atoms with Crippen LogP contribution in [0.5, 0.6) is 0 Å². The van der Waals surface area contributed by atoms with Gasteiger partial charge < -0.3 is 41.9 Å². The number of para-hydroxylation sites is 1. The van der Waals surface area contributed by atoms with E-state index in [0.29, 0.717) is 57.5 Å². The van der Waals surface area contributed by atoms with Crippen LogP contribution in [-0.4, -0.2) is 128 Å². The number of aromatic nitrogens is 1. The number of unbranched alkanes of at least 4 members (excludes halogenated alkanes) is 1. The lowest BCUT2D eigenvalue weighted by molar-refractivity contribution is -0.168. The van der Waals surface area contributed by atoms with Gasteiger partial charge in [-0.25, -0.2) is 24.5 Å². The molecule has 1 aromatic heterocycles. The highest BCUT2D eigenvalue weighted by molar-refractivity contribution is 7.98. The van der Waals surface area contributed by atoms with Gasteiger partial charge in [-0.05, 0) is 107 Å². The first-order valence-corrected chi connectivity index (χ1v) is 26.6. The second-order valence-electron chi connectivity index (χ2n) is 19.7. The number of ether oxygens (including phenoxy) is 2. The van der Waals surface area contributed by atoms with Crippen LogP contribution in [0, 0.1) is 5.92 Å². The third kappa shape index (κ3) is 16.8. The van der Waals surface area contributed by atoms with Crippen LogP contribution in [0.15, 0.2) is 91.1 Å². The summed E-state index contributed by atoms with van der Waals surface area (Å²) in [4.78, 5) is 118. The fraction of sp³-hybridized carbons (Fsp3) is 0.481. The number of aromatic amines is 1. The Morgan fingerprint density at radius 1 is 0.824 bits per heavy atom. The highest BCUT2D eigenvalue weighted by Crippen LogP contribution is 2.25. The molecule has 1 aliphatic rings. The van der Waals surface area contributed by atoms with Gasteiger partial charge in [-0.3, -0.25) is 28.8 Å². The van der Waals surface area contributed by atoms with Crippen molar-refractivity contribution in [2.45, 2.75) is 135 Å². The molecule has 8 amide bonds. The number of hydrogen-bond donors (Lipinski definition) is 6. The van der Waals surface area contributed by atoms with E-state index >= 15 is 9.59 Å². The third-order valence-electron chi connectivity index (χ3n) is 12.4. The average molecular weight is 1040 g/mol. The van der Waals surface area contributed by atoms with Gasteiger partial charge >= 0.3 is 12.2 Å². The molecular formula is C54H73N9O10S. The molecular weight excluding hydrogens is 967 g/mol. The molecule has 20 heteroatoms. The van der Waals surface area contributed by atoms with Crippen molar-refractivity contribution in [1.82, 2.24) is 35.9 Å². The second-order valence-corrected chi connectivity index (χ2v) is 20.7. The van der Waals surface area contributed by atoms with E-state index in [4.69, 9.17) is 20.9 Å². The highest BCUT2D eigenvalue weighted by Gasteiger charge is 2.45. The van der Waals surface area contributed by atoms with Gasteiger partial charge in [0.15, 0.2) is 0 Å². The molecule has 74 heavy (non-hydrogen) atoms. The number of fused-ring (bicyclic) bond motifs is 1. The molecule has 1 aliphatic heterocycles. The molecule has 19 nitrogen and oxygen atoms in total. The van der Waals surface area contributed by atoms with Gasteiger partial charge in [0.05, 0.1) is 0 Å².